The molecule has 0 spiro atoms. The van der Waals surface area contributed by atoms with Crippen molar-refractivity contribution in [3.8, 4) is 0 Å². The van der Waals surface area contributed by atoms with Crippen LogP contribution in [-0.4, -0.2) is 21.2 Å². The molecule has 0 bridgehead atoms. The average molecular weight is 251 g/mol. The summed E-state index contributed by atoms with van der Waals surface area (Å²) < 4.78 is 7.10. The van der Waals surface area contributed by atoms with E-state index in [1.807, 2.05) is 32.3 Å². The van der Waals surface area contributed by atoms with Crippen molar-refractivity contribution in [2.45, 2.75) is 46.4 Å². The molecule has 0 aliphatic heterocycles. The summed E-state index contributed by atoms with van der Waals surface area (Å²) in [5.74, 6) is 0. The number of hydrogen-bond donors (Lipinski definition) is 1. The Bertz CT molecular complexity index is 430. The van der Waals surface area contributed by atoms with Gasteiger partial charge in [-0.1, -0.05) is 12.2 Å². The van der Waals surface area contributed by atoms with E-state index >= 15 is 0 Å². The molecule has 5 nitrogen and oxygen atoms in total. The second-order valence-corrected chi connectivity index (χ2v) is 5.33. The summed E-state index contributed by atoms with van der Waals surface area (Å²) in [6.07, 6.45) is 3.02. The molecular formula is C13H21N3O2. The van der Waals surface area contributed by atoms with Gasteiger partial charge in [0, 0.05) is 12.7 Å². The minimum atomic E-state index is -0.484. The molecule has 1 N–H and O–H groups in total. The number of hydrogen-bond acceptors (Lipinski definition) is 3. The number of nitrogens with zero attached hydrogens (tertiary/aromatic N) is 2. The van der Waals surface area contributed by atoms with Crippen LogP contribution in [0, 0.1) is 0 Å². The van der Waals surface area contributed by atoms with Crippen molar-refractivity contribution in [3.63, 3.8) is 0 Å². The van der Waals surface area contributed by atoms with Crippen LogP contribution in [0.5, 0.6) is 0 Å². The van der Waals surface area contributed by atoms with Crippen LogP contribution < -0.4 is 5.32 Å². The van der Waals surface area contributed by atoms with Crippen molar-refractivity contribution < 1.29 is 9.53 Å². The van der Waals surface area contributed by atoms with Gasteiger partial charge in [-0.15, -0.1) is 0 Å². The maximum Gasteiger partial charge on any atom is 0.407 e. The summed E-state index contributed by atoms with van der Waals surface area (Å²) in [5.41, 5.74) is 1.47. The van der Waals surface area contributed by atoms with Gasteiger partial charge in [-0.05, 0) is 27.7 Å². The maximum absolute atomic E-state index is 11.5. The van der Waals surface area contributed by atoms with Gasteiger partial charge in [0.2, 0.25) is 0 Å². The van der Waals surface area contributed by atoms with E-state index in [4.69, 9.17) is 4.74 Å². The lowest BCUT2D eigenvalue weighted by Gasteiger charge is -2.19. The van der Waals surface area contributed by atoms with Crippen LogP contribution in [0.15, 0.2) is 24.7 Å². The second kappa shape index (κ2) is 5.71. The molecule has 0 aromatic carbocycles. The quantitative estimate of drug-likeness (QED) is 0.836. The van der Waals surface area contributed by atoms with E-state index in [9.17, 15) is 4.79 Å². The summed E-state index contributed by atoms with van der Waals surface area (Å²) >= 11 is 0. The van der Waals surface area contributed by atoms with Gasteiger partial charge >= 0.3 is 6.09 Å². The fourth-order valence-corrected chi connectivity index (χ4v) is 1.41. The van der Waals surface area contributed by atoms with Crippen LogP contribution in [0.4, 0.5) is 4.79 Å². The highest BCUT2D eigenvalue weighted by molar-refractivity contribution is 5.67. The molecule has 0 saturated heterocycles. The summed E-state index contributed by atoms with van der Waals surface area (Å²) in [5, 5.41) is 2.70. The predicted molar refractivity (Wildman–Crippen MR) is 70.1 cm³/mol. The zero-order chi connectivity index (χ0) is 13.8. The Balaban J connectivity index is 2.51. The number of allylic oxidation sites excluding steroid dienone is 1. The zero-order valence-electron chi connectivity index (χ0n) is 11.5. The molecule has 100 valence electrons. The minimum Gasteiger partial charge on any atom is -0.444 e. The first kappa shape index (κ1) is 14.3. The highest BCUT2D eigenvalue weighted by Gasteiger charge is 2.16. The third-order valence-electron chi connectivity index (χ3n) is 2.05. The van der Waals surface area contributed by atoms with E-state index in [2.05, 4.69) is 16.9 Å². The number of ether oxygens (including phenoxy) is 1. The lowest BCUT2D eigenvalue weighted by molar-refractivity contribution is 0.0522. The summed E-state index contributed by atoms with van der Waals surface area (Å²) in [6.45, 7) is 12.4. The fraction of sp³-hybridized carbons (Fsp3) is 0.538. The maximum atomic E-state index is 11.5. The van der Waals surface area contributed by atoms with Gasteiger partial charge < -0.3 is 14.6 Å². The Morgan fingerprint density at radius 3 is 2.78 bits per heavy atom. The molecule has 0 fully saturated rings. The van der Waals surface area contributed by atoms with Gasteiger partial charge in [0.05, 0.1) is 18.6 Å². The summed E-state index contributed by atoms with van der Waals surface area (Å²) in [4.78, 5) is 15.6. The molecule has 1 heterocycles. The van der Waals surface area contributed by atoms with E-state index in [1.54, 1.807) is 12.5 Å². The molecule has 0 aliphatic rings. The number of amides is 1. The van der Waals surface area contributed by atoms with Crippen LogP contribution in [0.1, 0.15) is 33.4 Å². The lowest BCUT2D eigenvalue weighted by atomic mass is 10.2. The molecule has 0 saturated carbocycles. The van der Waals surface area contributed by atoms with Gasteiger partial charge in [-0.25, -0.2) is 9.78 Å². The Morgan fingerprint density at radius 1 is 1.56 bits per heavy atom. The molecule has 0 unspecified atom stereocenters. The highest BCUT2D eigenvalue weighted by atomic mass is 16.6. The van der Waals surface area contributed by atoms with Crippen molar-refractivity contribution in [1.82, 2.24) is 14.9 Å². The van der Waals surface area contributed by atoms with Crippen molar-refractivity contribution in [2.24, 2.45) is 0 Å². The molecule has 1 amide bonds. The average Bonchev–Trinajstić information content (AvgIpc) is 2.58. The Hall–Kier alpha value is -1.78. The molecule has 1 aromatic heterocycles. The van der Waals surface area contributed by atoms with Crippen LogP contribution >= 0.6 is 0 Å². The van der Waals surface area contributed by atoms with Crippen LogP contribution in [0.25, 0.3) is 0 Å². The van der Waals surface area contributed by atoms with Crippen LogP contribution in [0.2, 0.25) is 0 Å². The normalized spacial score (nSPS) is 11.1. The van der Waals surface area contributed by atoms with Gasteiger partial charge in [0.15, 0.2) is 0 Å². The minimum absolute atomic E-state index is 0.391. The molecule has 0 radical (unpaired) electrons. The molecule has 0 aliphatic carbocycles. The standard InChI is InChI=1S/C13H21N3O2/c1-10(2)8-16-9-14-6-11(16)7-15-12(17)18-13(3,4)5/h6,9H,1,7-8H2,2-5H3,(H,15,17). The van der Waals surface area contributed by atoms with E-state index in [-0.39, 0.29) is 0 Å². The topological polar surface area (TPSA) is 56.2 Å². The number of rotatable bonds is 4. The van der Waals surface area contributed by atoms with E-state index in [0.717, 1.165) is 11.3 Å². The Labute approximate surface area is 108 Å². The van der Waals surface area contributed by atoms with Gasteiger partial charge in [-0.3, -0.25) is 0 Å². The predicted octanol–water partition coefficient (Wildman–Crippen LogP) is 2.48. The number of imidazole rings is 1. The van der Waals surface area contributed by atoms with Crippen molar-refractivity contribution in [3.05, 3.63) is 30.4 Å². The second-order valence-electron chi connectivity index (χ2n) is 5.33. The first-order chi connectivity index (χ1) is 8.28. The third-order valence-corrected chi connectivity index (χ3v) is 2.05. The molecule has 18 heavy (non-hydrogen) atoms. The van der Waals surface area contributed by atoms with Crippen molar-refractivity contribution in [1.29, 1.82) is 0 Å². The van der Waals surface area contributed by atoms with Gasteiger partial charge in [-0.2, -0.15) is 0 Å². The molecular weight excluding hydrogens is 230 g/mol. The summed E-state index contributed by atoms with van der Waals surface area (Å²) in [7, 11) is 0. The van der Waals surface area contributed by atoms with Crippen LogP contribution in [0.3, 0.4) is 0 Å². The van der Waals surface area contributed by atoms with E-state index < -0.39 is 11.7 Å². The van der Waals surface area contributed by atoms with Crippen molar-refractivity contribution in [2.75, 3.05) is 0 Å². The number of carbonyl (C=O) groups is 1. The molecule has 1 aromatic rings. The highest BCUT2D eigenvalue weighted by Crippen LogP contribution is 2.07. The zero-order valence-corrected chi connectivity index (χ0v) is 11.5. The SMILES string of the molecule is C=C(C)Cn1cncc1CNC(=O)OC(C)(C)C. The monoisotopic (exact) mass is 251 g/mol. The van der Waals surface area contributed by atoms with Crippen molar-refractivity contribution >= 4 is 6.09 Å². The smallest absolute Gasteiger partial charge is 0.407 e. The lowest BCUT2D eigenvalue weighted by Crippen LogP contribution is -2.32. The first-order valence-electron chi connectivity index (χ1n) is 5.88. The number of aromatic nitrogens is 2. The molecule has 0 atom stereocenters. The molecule has 1 rings (SSSR count). The number of alkyl carbamates (subject to hydrolysis) is 1. The van der Waals surface area contributed by atoms with Crippen LogP contribution in [-0.2, 0) is 17.8 Å². The number of carbonyl (C=O) groups excluding carboxylic acids is 1. The van der Waals surface area contributed by atoms with E-state index in [1.165, 1.54) is 0 Å². The Kier molecular flexibility index (Phi) is 4.53. The molecule has 5 heteroatoms. The fourth-order valence-electron chi connectivity index (χ4n) is 1.41. The number of nitrogens with one attached hydrogen (secondary N) is 1. The van der Waals surface area contributed by atoms with E-state index in [0.29, 0.717) is 13.1 Å². The van der Waals surface area contributed by atoms with Gasteiger partial charge in [0.25, 0.3) is 0 Å². The summed E-state index contributed by atoms with van der Waals surface area (Å²) in [6, 6.07) is 0. The third kappa shape index (κ3) is 5.03. The van der Waals surface area contributed by atoms with Gasteiger partial charge in [0.1, 0.15) is 5.60 Å². The Morgan fingerprint density at radius 2 is 2.22 bits per heavy atom. The first-order valence-corrected chi connectivity index (χ1v) is 5.88. The largest absolute Gasteiger partial charge is 0.444 e.